The Balaban J connectivity index is 2.09. The van der Waals surface area contributed by atoms with Crippen molar-refractivity contribution in [3.05, 3.63) is 0 Å². The van der Waals surface area contributed by atoms with Gasteiger partial charge in [0.15, 0.2) is 5.60 Å². The molecule has 0 aromatic heterocycles. The number of carbonyl (C=O) groups is 2. The van der Waals surface area contributed by atoms with Crippen molar-refractivity contribution in [2.24, 2.45) is 28.6 Å². The van der Waals surface area contributed by atoms with Crippen LogP contribution in [0.25, 0.3) is 0 Å². The van der Waals surface area contributed by atoms with E-state index in [4.69, 9.17) is 14.2 Å². The molecule has 202 valence electrons. The van der Waals surface area contributed by atoms with Crippen molar-refractivity contribution in [1.82, 2.24) is 4.31 Å². The lowest BCUT2D eigenvalue weighted by atomic mass is 9.68. The van der Waals surface area contributed by atoms with Crippen LogP contribution < -0.4 is 0 Å². The highest BCUT2D eigenvalue weighted by molar-refractivity contribution is 7.89. The fourth-order valence-corrected chi connectivity index (χ4v) is 10.3. The molecule has 0 N–H and O–H groups in total. The zero-order chi connectivity index (χ0) is 26.8. The second kappa shape index (κ2) is 8.98. The van der Waals surface area contributed by atoms with Gasteiger partial charge >= 0.3 is 11.9 Å². The predicted molar refractivity (Wildman–Crippen MR) is 133 cm³/mol. The Labute approximate surface area is 211 Å². The van der Waals surface area contributed by atoms with E-state index in [-0.39, 0.29) is 36.1 Å². The molecule has 1 spiro atoms. The van der Waals surface area contributed by atoms with Crippen molar-refractivity contribution in [1.29, 1.82) is 0 Å². The van der Waals surface area contributed by atoms with E-state index in [1.54, 1.807) is 11.2 Å². The largest absolute Gasteiger partial charge is 0.469 e. The molecule has 2 saturated carbocycles. The van der Waals surface area contributed by atoms with Crippen LogP contribution in [0.1, 0.15) is 88.0 Å². The Morgan fingerprint density at radius 1 is 1.11 bits per heavy atom. The van der Waals surface area contributed by atoms with E-state index in [1.165, 1.54) is 7.11 Å². The quantitative estimate of drug-likeness (QED) is 0.426. The molecule has 8 nitrogen and oxygen atoms in total. The van der Waals surface area contributed by atoms with Gasteiger partial charge < -0.3 is 14.2 Å². The normalized spacial score (nSPS) is 35.0. The molecular formula is C26H45NO7S. The van der Waals surface area contributed by atoms with Crippen LogP contribution in [-0.4, -0.2) is 61.0 Å². The van der Waals surface area contributed by atoms with Crippen molar-refractivity contribution < 1.29 is 32.2 Å². The zero-order valence-corrected chi connectivity index (χ0v) is 24.0. The van der Waals surface area contributed by atoms with E-state index < -0.39 is 50.1 Å². The molecule has 9 heteroatoms. The maximum Gasteiger partial charge on any atom is 0.341 e. The summed E-state index contributed by atoms with van der Waals surface area (Å²) in [5, 5.41) is 0. The number of sulfonamides is 1. The van der Waals surface area contributed by atoms with Gasteiger partial charge in [0.2, 0.25) is 15.8 Å². The first-order valence-electron chi connectivity index (χ1n) is 12.9. The van der Waals surface area contributed by atoms with E-state index in [1.807, 2.05) is 41.5 Å². The summed E-state index contributed by atoms with van der Waals surface area (Å²) in [7, 11) is -2.38. The maximum absolute atomic E-state index is 13.9. The van der Waals surface area contributed by atoms with E-state index in [2.05, 4.69) is 13.8 Å². The number of hydrogen-bond donors (Lipinski definition) is 0. The first-order valence-corrected chi connectivity index (χ1v) is 14.5. The van der Waals surface area contributed by atoms with Gasteiger partial charge in [0.25, 0.3) is 0 Å². The molecule has 3 aliphatic rings. The smallest absolute Gasteiger partial charge is 0.341 e. The van der Waals surface area contributed by atoms with E-state index in [0.717, 1.165) is 6.42 Å². The molecule has 3 fully saturated rings. The average molecular weight is 516 g/mol. The number of ether oxygens (including phenoxy) is 3. The molecule has 2 aliphatic carbocycles. The van der Waals surface area contributed by atoms with Gasteiger partial charge in [0, 0.05) is 24.4 Å². The molecule has 5 atom stereocenters. The Morgan fingerprint density at radius 3 is 2.14 bits per heavy atom. The first kappa shape index (κ1) is 28.4. The van der Waals surface area contributed by atoms with Crippen LogP contribution in [0.3, 0.4) is 0 Å². The van der Waals surface area contributed by atoms with Crippen molar-refractivity contribution in [2.75, 3.05) is 12.9 Å². The fraction of sp³-hybridized carbons (Fsp3) is 0.923. The minimum atomic E-state index is -3.71. The highest BCUT2D eigenvalue weighted by Crippen LogP contribution is 2.74. The van der Waals surface area contributed by atoms with Crippen LogP contribution in [-0.2, 0) is 33.8 Å². The number of methoxy groups -OCH3 is 1. The summed E-state index contributed by atoms with van der Waals surface area (Å²) >= 11 is 0. The number of nitrogens with zero attached hydrogens (tertiary/aromatic N) is 1. The molecule has 1 saturated heterocycles. The topological polar surface area (TPSA) is 99.2 Å². The third kappa shape index (κ3) is 4.13. The van der Waals surface area contributed by atoms with Crippen LogP contribution in [0.5, 0.6) is 0 Å². The second-order valence-electron chi connectivity index (χ2n) is 12.5. The van der Waals surface area contributed by atoms with Crippen LogP contribution >= 0.6 is 0 Å². The van der Waals surface area contributed by atoms with Crippen molar-refractivity contribution in [3.63, 3.8) is 0 Å². The minimum Gasteiger partial charge on any atom is -0.469 e. The third-order valence-corrected chi connectivity index (χ3v) is 11.7. The molecule has 0 aromatic rings. The summed E-state index contributed by atoms with van der Waals surface area (Å²) in [6, 6.07) is -0.395. The molecule has 1 heterocycles. The van der Waals surface area contributed by atoms with Crippen LogP contribution in [0.4, 0.5) is 0 Å². The molecule has 2 bridgehead atoms. The highest BCUT2D eigenvalue weighted by atomic mass is 32.2. The molecule has 0 aromatic carbocycles. The lowest BCUT2D eigenvalue weighted by Gasteiger charge is -2.48. The SMILES string of the molecule is COC(=O)C[C@H](C(C)C)[C@@]1(C)O[C@@]2(C[C@H]3CC[C@]2(CS(=O)(=O)N(C(C)C)C(C)C)C3(C)C)OC1=O. The Bertz CT molecular complexity index is 951. The maximum atomic E-state index is 13.9. The molecule has 1 aliphatic heterocycles. The second-order valence-corrected chi connectivity index (χ2v) is 14.4. The summed E-state index contributed by atoms with van der Waals surface area (Å²) in [4.78, 5) is 25.8. The van der Waals surface area contributed by atoms with Crippen molar-refractivity contribution >= 4 is 22.0 Å². The minimum absolute atomic E-state index is 0.0163. The summed E-state index contributed by atoms with van der Waals surface area (Å²) < 4.78 is 47.2. The van der Waals surface area contributed by atoms with Gasteiger partial charge in [-0.1, -0.05) is 27.7 Å². The van der Waals surface area contributed by atoms with Crippen molar-refractivity contribution in [2.45, 2.75) is 111 Å². The average Bonchev–Trinajstić information content (AvgIpc) is 3.16. The first-order chi connectivity index (χ1) is 15.9. The molecule has 35 heavy (non-hydrogen) atoms. The molecule has 0 radical (unpaired) electrons. The molecule has 0 amide bonds. The van der Waals surface area contributed by atoms with Gasteiger partial charge in [-0.25, -0.2) is 13.2 Å². The van der Waals surface area contributed by atoms with E-state index in [0.29, 0.717) is 12.8 Å². The summed E-state index contributed by atoms with van der Waals surface area (Å²) in [6.07, 6.45) is 1.94. The van der Waals surface area contributed by atoms with E-state index in [9.17, 15) is 18.0 Å². The predicted octanol–water partition coefficient (Wildman–Crippen LogP) is 4.13. The van der Waals surface area contributed by atoms with Gasteiger partial charge in [-0.2, -0.15) is 4.31 Å². The number of esters is 2. The summed E-state index contributed by atoms with van der Waals surface area (Å²) in [5.41, 5.74) is -2.69. The lowest BCUT2D eigenvalue weighted by molar-refractivity contribution is -0.261. The zero-order valence-electron chi connectivity index (χ0n) is 23.1. The van der Waals surface area contributed by atoms with Crippen LogP contribution in [0.15, 0.2) is 0 Å². The lowest BCUT2D eigenvalue weighted by Crippen LogP contribution is -2.58. The summed E-state index contributed by atoms with van der Waals surface area (Å²) in [5.74, 6) is -2.81. The molecular weight excluding hydrogens is 470 g/mol. The third-order valence-electron chi connectivity index (χ3n) is 9.35. The van der Waals surface area contributed by atoms with Crippen LogP contribution in [0.2, 0.25) is 0 Å². The number of fused-ring (bicyclic) bond motifs is 3. The Kier molecular flexibility index (Phi) is 7.28. The van der Waals surface area contributed by atoms with Gasteiger partial charge in [-0.05, 0) is 64.7 Å². The standard InChI is InChI=1S/C26H45NO7S/c1-16(2)20(13-21(28)32-10)24(9)22(29)33-26(34-24)14-19-11-12-25(26,23(19,7)8)15-35(30,31)27(17(3)4)18(5)6/h16-20H,11-15H2,1-10H3/t19-,20-,24-,25+,26-/m1/s1. The number of hydrogen-bond acceptors (Lipinski definition) is 7. The summed E-state index contributed by atoms with van der Waals surface area (Å²) in [6.45, 7) is 17.3. The van der Waals surface area contributed by atoms with Gasteiger partial charge in [0.05, 0.1) is 24.7 Å². The van der Waals surface area contributed by atoms with Gasteiger partial charge in [-0.15, -0.1) is 0 Å². The van der Waals surface area contributed by atoms with Crippen LogP contribution in [0, 0.1) is 28.6 Å². The monoisotopic (exact) mass is 515 g/mol. The Morgan fingerprint density at radius 2 is 1.69 bits per heavy atom. The number of rotatable bonds is 9. The van der Waals surface area contributed by atoms with E-state index >= 15 is 0 Å². The molecule has 3 rings (SSSR count). The van der Waals surface area contributed by atoms with Crippen molar-refractivity contribution in [3.8, 4) is 0 Å². The Hall–Kier alpha value is -1.19. The number of carbonyl (C=O) groups excluding carboxylic acids is 2. The molecule has 0 unspecified atom stereocenters. The van der Waals surface area contributed by atoms with Gasteiger partial charge in [-0.3, -0.25) is 4.79 Å². The highest BCUT2D eigenvalue weighted by Gasteiger charge is 2.79. The fourth-order valence-electron chi connectivity index (χ4n) is 7.54. The van der Waals surface area contributed by atoms with Gasteiger partial charge in [0.1, 0.15) is 0 Å².